The lowest BCUT2D eigenvalue weighted by Crippen LogP contribution is -2.28. The molecule has 1 aliphatic carbocycles. The number of nitrogens with two attached hydrogens (primary N) is 1. The molecule has 1 amide bonds. The first-order valence-electron chi connectivity index (χ1n) is 9.19. The van der Waals surface area contributed by atoms with E-state index < -0.39 is 18.9 Å². The van der Waals surface area contributed by atoms with Crippen molar-refractivity contribution in [3.05, 3.63) is 39.0 Å². The highest BCUT2D eigenvalue weighted by atomic mass is 79.9. The summed E-state index contributed by atoms with van der Waals surface area (Å²) in [5.41, 5.74) is 8.65. The Labute approximate surface area is 174 Å². The molecule has 1 aromatic carbocycles. The summed E-state index contributed by atoms with van der Waals surface area (Å²) in [6, 6.07) is 3.58. The second-order valence-electron chi connectivity index (χ2n) is 6.72. The van der Waals surface area contributed by atoms with Gasteiger partial charge < -0.3 is 15.8 Å². The number of aromatic nitrogens is 2. The number of aryl methyl sites for hydroxylation is 1. The minimum absolute atomic E-state index is 0.0206. The summed E-state index contributed by atoms with van der Waals surface area (Å²) in [5.74, 6) is -0.533. The lowest BCUT2D eigenvalue weighted by molar-refractivity contribution is 0.0765. The molecule has 1 atom stereocenters. The fourth-order valence-corrected chi connectivity index (χ4v) is 3.98. The minimum atomic E-state index is -2.65. The molecule has 0 unspecified atom stereocenters. The van der Waals surface area contributed by atoms with Gasteiger partial charge in [0.2, 0.25) is 5.88 Å². The van der Waals surface area contributed by atoms with Crippen molar-refractivity contribution < 1.29 is 23.1 Å². The lowest BCUT2D eigenvalue weighted by atomic mass is 9.85. The van der Waals surface area contributed by atoms with Crippen molar-refractivity contribution in [2.45, 2.75) is 45.2 Å². The first-order chi connectivity index (χ1) is 13.8. The van der Waals surface area contributed by atoms with Crippen LogP contribution in [0.15, 0.2) is 16.6 Å². The molecule has 0 spiro atoms. The van der Waals surface area contributed by atoms with Gasteiger partial charge >= 0.3 is 0 Å². The number of carbonyl (C=O) groups is 2. The Morgan fingerprint density at radius 2 is 2.28 bits per heavy atom. The molecule has 10 heteroatoms. The first kappa shape index (κ1) is 21.4. The number of halogens is 3. The molecule has 0 saturated heterocycles. The van der Waals surface area contributed by atoms with Gasteiger partial charge in [-0.3, -0.25) is 9.59 Å². The molecule has 1 aromatic heterocycles. The van der Waals surface area contributed by atoms with E-state index in [4.69, 9.17) is 10.5 Å². The Morgan fingerprint density at radius 1 is 1.52 bits per heavy atom. The fraction of sp³-hybridized carbons (Fsp3) is 0.421. The topological polar surface area (TPSA) is 99.2 Å². The van der Waals surface area contributed by atoms with Crippen LogP contribution >= 0.6 is 15.9 Å². The number of carbonyl (C=O) groups excluding carboxylic acids is 2. The zero-order chi connectivity index (χ0) is 21.1. The minimum Gasteiger partial charge on any atom is -0.471 e. The van der Waals surface area contributed by atoms with Crippen molar-refractivity contribution in [3.8, 4) is 5.88 Å². The number of ether oxygens (including phenoxy) is 1. The van der Waals surface area contributed by atoms with E-state index in [2.05, 4.69) is 26.3 Å². The van der Waals surface area contributed by atoms with Crippen molar-refractivity contribution in [2.75, 3.05) is 11.9 Å². The third-order valence-corrected chi connectivity index (χ3v) is 5.49. The third kappa shape index (κ3) is 4.48. The van der Waals surface area contributed by atoms with Crippen LogP contribution in [-0.2, 0) is 19.4 Å². The summed E-state index contributed by atoms with van der Waals surface area (Å²) in [5, 5.41) is 6.84. The maximum atomic E-state index is 12.8. The molecular formula is C19H21BrF2N4O3. The highest BCUT2D eigenvalue weighted by Crippen LogP contribution is 2.32. The average Bonchev–Trinajstić information content (AvgIpc) is 3.01. The van der Waals surface area contributed by atoms with Gasteiger partial charge in [-0.2, -0.15) is 5.10 Å². The number of nitrogens with zero attached hydrogens (tertiary/aromatic N) is 2. The molecule has 0 aliphatic heterocycles. The van der Waals surface area contributed by atoms with Gasteiger partial charge in [0.15, 0.2) is 18.6 Å². The molecular weight excluding hydrogens is 450 g/mol. The Kier molecular flexibility index (Phi) is 6.63. The summed E-state index contributed by atoms with van der Waals surface area (Å²) in [6.45, 7) is 1.26. The first-order valence-corrected chi connectivity index (χ1v) is 9.99. The SMILES string of the molecule is CCn1nc(C(=O)Nc2ccc3c(c2C=O)CC[C@H](N)C3)c(Br)c1OCC(F)F. The quantitative estimate of drug-likeness (QED) is 0.605. The molecule has 0 fully saturated rings. The van der Waals surface area contributed by atoms with E-state index in [0.29, 0.717) is 30.6 Å². The van der Waals surface area contributed by atoms with Gasteiger partial charge in [-0.15, -0.1) is 0 Å². The lowest BCUT2D eigenvalue weighted by Gasteiger charge is -2.24. The summed E-state index contributed by atoms with van der Waals surface area (Å²) >= 11 is 3.21. The molecule has 2 aromatic rings. The molecule has 0 saturated carbocycles. The van der Waals surface area contributed by atoms with Crippen molar-refractivity contribution in [1.29, 1.82) is 0 Å². The van der Waals surface area contributed by atoms with E-state index in [9.17, 15) is 18.4 Å². The van der Waals surface area contributed by atoms with Crippen molar-refractivity contribution in [2.24, 2.45) is 5.73 Å². The van der Waals surface area contributed by atoms with Crippen LogP contribution < -0.4 is 15.8 Å². The maximum absolute atomic E-state index is 12.8. The molecule has 156 valence electrons. The molecule has 0 radical (unpaired) electrons. The number of amides is 1. The number of alkyl halides is 2. The number of benzene rings is 1. The number of aldehydes is 1. The van der Waals surface area contributed by atoms with E-state index >= 15 is 0 Å². The van der Waals surface area contributed by atoms with Crippen LogP contribution in [0.1, 0.15) is 45.3 Å². The maximum Gasteiger partial charge on any atom is 0.277 e. The normalized spacial score (nSPS) is 15.9. The standard InChI is InChI=1S/C19H21BrF2N4O3/c1-2-26-19(29-9-15(21)22)16(20)17(25-26)18(28)24-14-6-3-10-7-11(23)4-5-12(10)13(14)8-27/h3,6,8,11,15H,2,4-5,7,9,23H2,1H3,(H,24,28)/t11-/m0/s1. The van der Waals surface area contributed by atoms with E-state index in [0.717, 1.165) is 23.8 Å². The van der Waals surface area contributed by atoms with Crippen molar-refractivity contribution in [1.82, 2.24) is 9.78 Å². The number of hydrogen-bond donors (Lipinski definition) is 2. The summed E-state index contributed by atoms with van der Waals surface area (Å²) in [6.07, 6.45) is 0.179. The number of fused-ring (bicyclic) bond motifs is 1. The second-order valence-corrected chi connectivity index (χ2v) is 7.52. The van der Waals surface area contributed by atoms with E-state index in [1.165, 1.54) is 4.68 Å². The van der Waals surface area contributed by atoms with Gasteiger partial charge in [0, 0.05) is 18.2 Å². The van der Waals surface area contributed by atoms with Gasteiger partial charge in [-0.05, 0) is 59.3 Å². The van der Waals surface area contributed by atoms with E-state index in [1.807, 2.05) is 6.07 Å². The van der Waals surface area contributed by atoms with Gasteiger partial charge in [-0.25, -0.2) is 13.5 Å². The number of rotatable bonds is 7. The Bertz CT molecular complexity index is 933. The van der Waals surface area contributed by atoms with Crippen LogP contribution in [0.2, 0.25) is 0 Å². The Balaban J connectivity index is 1.88. The predicted molar refractivity (Wildman–Crippen MR) is 107 cm³/mol. The zero-order valence-electron chi connectivity index (χ0n) is 15.8. The molecule has 1 aliphatic rings. The number of nitrogens with one attached hydrogen (secondary N) is 1. The molecule has 3 N–H and O–H groups in total. The highest BCUT2D eigenvalue weighted by molar-refractivity contribution is 9.10. The predicted octanol–water partition coefficient (Wildman–Crippen LogP) is 3.19. The number of anilines is 1. The van der Waals surface area contributed by atoms with Gasteiger partial charge in [-0.1, -0.05) is 6.07 Å². The average molecular weight is 471 g/mol. The zero-order valence-corrected chi connectivity index (χ0v) is 17.3. The van der Waals surface area contributed by atoms with E-state index in [1.54, 1.807) is 13.0 Å². The molecule has 29 heavy (non-hydrogen) atoms. The van der Waals surface area contributed by atoms with Crippen LogP contribution in [0, 0.1) is 0 Å². The van der Waals surface area contributed by atoms with Crippen LogP contribution in [0.25, 0.3) is 0 Å². The van der Waals surface area contributed by atoms with Gasteiger partial charge in [0.25, 0.3) is 12.3 Å². The monoisotopic (exact) mass is 470 g/mol. The van der Waals surface area contributed by atoms with Gasteiger partial charge in [0.05, 0.1) is 5.69 Å². The fourth-order valence-electron chi connectivity index (χ4n) is 3.40. The summed E-state index contributed by atoms with van der Waals surface area (Å²) in [7, 11) is 0. The molecule has 1 heterocycles. The third-order valence-electron chi connectivity index (χ3n) is 4.78. The van der Waals surface area contributed by atoms with Crippen molar-refractivity contribution >= 4 is 33.8 Å². The van der Waals surface area contributed by atoms with E-state index in [-0.39, 0.29) is 22.1 Å². The van der Waals surface area contributed by atoms with Crippen molar-refractivity contribution in [3.63, 3.8) is 0 Å². The smallest absolute Gasteiger partial charge is 0.277 e. The number of hydrogen-bond acceptors (Lipinski definition) is 5. The van der Waals surface area contributed by atoms with Crippen LogP contribution in [0.3, 0.4) is 0 Å². The summed E-state index contributed by atoms with van der Waals surface area (Å²) in [4.78, 5) is 24.5. The molecule has 7 nitrogen and oxygen atoms in total. The second kappa shape index (κ2) is 9.00. The Morgan fingerprint density at radius 3 is 2.93 bits per heavy atom. The van der Waals surface area contributed by atoms with Gasteiger partial charge in [0.1, 0.15) is 4.47 Å². The largest absolute Gasteiger partial charge is 0.471 e. The van der Waals surface area contributed by atoms with Crippen LogP contribution in [0.4, 0.5) is 14.5 Å². The Hall–Kier alpha value is -2.33. The molecule has 3 rings (SSSR count). The molecule has 0 bridgehead atoms. The highest BCUT2D eigenvalue weighted by Gasteiger charge is 2.25. The van der Waals surface area contributed by atoms with Crippen LogP contribution in [-0.4, -0.2) is 41.0 Å². The summed E-state index contributed by atoms with van der Waals surface area (Å²) < 4.78 is 31.6. The van der Waals surface area contributed by atoms with Crippen LogP contribution in [0.5, 0.6) is 5.88 Å².